The molecule has 0 radical (unpaired) electrons. The van der Waals surface area contributed by atoms with Gasteiger partial charge in [-0.3, -0.25) is 9.59 Å². The Balaban J connectivity index is 4.53. The van der Waals surface area contributed by atoms with E-state index in [1.807, 2.05) is 6.92 Å². The van der Waals surface area contributed by atoms with Crippen LogP contribution in [-0.2, 0) is 14.3 Å². The third-order valence-corrected chi connectivity index (χ3v) is 2.65. The Labute approximate surface area is 119 Å². The largest absolute Gasteiger partial charge is 0.481 e. The van der Waals surface area contributed by atoms with Gasteiger partial charge in [0.05, 0.1) is 13.0 Å². The van der Waals surface area contributed by atoms with E-state index in [1.54, 1.807) is 13.8 Å². The van der Waals surface area contributed by atoms with Crippen molar-refractivity contribution in [2.75, 3.05) is 19.7 Å². The summed E-state index contributed by atoms with van der Waals surface area (Å²) in [4.78, 5) is 35.5. The average molecular weight is 288 g/mol. The standard InChI is InChI=1S/C13H24N2O5/c1-4-7-15(9-12(18)20-6-3)13(19)14-10(5-2)8-11(16)17/h10H,4-9H2,1-3H3,(H,14,19)(H,16,17). The van der Waals surface area contributed by atoms with Crippen LogP contribution in [0, 0.1) is 0 Å². The number of aliphatic carboxylic acids is 1. The molecule has 1 atom stereocenters. The molecule has 0 aliphatic heterocycles. The Kier molecular flexibility index (Phi) is 9.15. The summed E-state index contributed by atoms with van der Waals surface area (Å²) in [5.74, 6) is -1.44. The summed E-state index contributed by atoms with van der Waals surface area (Å²) in [6, 6.07) is -0.880. The predicted octanol–water partition coefficient (Wildman–Crippen LogP) is 1.22. The predicted molar refractivity (Wildman–Crippen MR) is 73.4 cm³/mol. The van der Waals surface area contributed by atoms with Crippen molar-refractivity contribution >= 4 is 18.0 Å². The molecule has 0 aliphatic rings. The Morgan fingerprint density at radius 3 is 2.35 bits per heavy atom. The monoisotopic (exact) mass is 288 g/mol. The van der Waals surface area contributed by atoms with Crippen LogP contribution < -0.4 is 5.32 Å². The second kappa shape index (κ2) is 10.1. The van der Waals surface area contributed by atoms with Gasteiger partial charge in [-0.15, -0.1) is 0 Å². The molecule has 2 N–H and O–H groups in total. The minimum absolute atomic E-state index is 0.128. The Bertz CT molecular complexity index is 333. The van der Waals surface area contributed by atoms with Gasteiger partial charge in [0.25, 0.3) is 0 Å². The lowest BCUT2D eigenvalue weighted by Gasteiger charge is -2.24. The fourth-order valence-electron chi connectivity index (χ4n) is 1.66. The maximum absolute atomic E-state index is 12.0. The van der Waals surface area contributed by atoms with Crippen LogP contribution in [0.3, 0.4) is 0 Å². The number of ether oxygens (including phenoxy) is 1. The van der Waals surface area contributed by atoms with E-state index in [4.69, 9.17) is 9.84 Å². The molecule has 1 unspecified atom stereocenters. The summed E-state index contributed by atoms with van der Waals surface area (Å²) in [5, 5.41) is 11.4. The second-order valence-electron chi connectivity index (χ2n) is 4.38. The first-order chi connectivity index (χ1) is 9.44. The number of esters is 1. The number of nitrogens with one attached hydrogen (secondary N) is 1. The van der Waals surface area contributed by atoms with Crippen molar-refractivity contribution in [2.24, 2.45) is 0 Å². The number of urea groups is 1. The molecule has 0 rings (SSSR count). The fraction of sp³-hybridized carbons (Fsp3) is 0.769. The highest BCUT2D eigenvalue weighted by Crippen LogP contribution is 2.01. The van der Waals surface area contributed by atoms with Crippen molar-refractivity contribution in [1.29, 1.82) is 0 Å². The molecule has 0 heterocycles. The zero-order valence-electron chi connectivity index (χ0n) is 12.3. The number of hydrogen-bond acceptors (Lipinski definition) is 4. The van der Waals surface area contributed by atoms with E-state index in [0.717, 1.165) is 0 Å². The quantitative estimate of drug-likeness (QED) is 0.622. The number of amides is 2. The van der Waals surface area contributed by atoms with E-state index in [0.29, 0.717) is 19.4 Å². The molecule has 7 nitrogen and oxygen atoms in total. The molecule has 0 bridgehead atoms. The zero-order chi connectivity index (χ0) is 15.5. The lowest BCUT2D eigenvalue weighted by molar-refractivity contribution is -0.144. The van der Waals surface area contributed by atoms with Gasteiger partial charge in [-0.05, 0) is 19.8 Å². The maximum Gasteiger partial charge on any atom is 0.325 e. The van der Waals surface area contributed by atoms with Gasteiger partial charge < -0.3 is 20.1 Å². The summed E-state index contributed by atoms with van der Waals surface area (Å²) < 4.78 is 4.81. The number of carboxylic acid groups (broad SMARTS) is 1. The Hall–Kier alpha value is -1.79. The van der Waals surface area contributed by atoms with Crippen LogP contribution >= 0.6 is 0 Å². The normalized spacial score (nSPS) is 11.6. The van der Waals surface area contributed by atoms with Gasteiger partial charge in [0.1, 0.15) is 6.54 Å². The molecule has 0 aromatic heterocycles. The van der Waals surface area contributed by atoms with Gasteiger partial charge >= 0.3 is 18.0 Å². The molecule has 0 aromatic rings. The third kappa shape index (κ3) is 7.60. The summed E-state index contributed by atoms with van der Waals surface area (Å²) in [6.45, 7) is 5.92. The molecular weight excluding hydrogens is 264 g/mol. The molecule has 0 fully saturated rings. The van der Waals surface area contributed by atoms with E-state index in [1.165, 1.54) is 4.90 Å². The second-order valence-corrected chi connectivity index (χ2v) is 4.38. The van der Waals surface area contributed by atoms with Crippen LogP contribution in [0.2, 0.25) is 0 Å². The summed E-state index contributed by atoms with van der Waals surface area (Å²) in [5.41, 5.74) is 0. The molecule has 0 spiro atoms. The molecule has 0 aromatic carbocycles. The first-order valence-electron chi connectivity index (χ1n) is 6.87. The first kappa shape index (κ1) is 18.2. The Morgan fingerprint density at radius 2 is 1.90 bits per heavy atom. The highest BCUT2D eigenvalue weighted by molar-refractivity contribution is 5.81. The van der Waals surface area contributed by atoms with E-state index in [9.17, 15) is 14.4 Å². The van der Waals surface area contributed by atoms with Gasteiger partial charge in [-0.25, -0.2) is 4.79 Å². The molecular formula is C13H24N2O5. The van der Waals surface area contributed by atoms with Crippen molar-refractivity contribution in [2.45, 2.75) is 46.1 Å². The first-order valence-corrected chi connectivity index (χ1v) is 6.87. The van der Waals surface area contributed by atoms with Crippen LogP contribution in [0.15, 0.2) is 0 Å². The number of rotatable bonds is 9. The molecule has 2 amide bonds. The molecule has 20 heavy (non-hydrogen) atoms. The van der Waals surface area contributed by atoms with Crippen LogP contribution in [0.5, 0.6) is 0 Å². The Morgan fingerprint density at radius 1 is 1.25 bits per heavy atom. The number of carbonyl (C=O) groups is 3. The van der Waals surface area contributed by atoms with Gasteiger partial charge in [-0.2, -0.15) is 0 Å². The lowest BCUT2D eigenvalue weighted by atomic mass is 10.1. The summed E-state index contributed by atoms with van der Waals surface area (Å²) in [7, 11) is 0. The zero-order valence-corrected chi connectivity index (χ0v) is 12.3. The molecule has 0 saturated heterocycles. The van der Waals surface area contributed by atoms with E-state index in [-0.39, 0.29) is 19.6 Å². The van der Waals surface area contributed by atoms with Gasteiger partial charge in [0.2, 0.25) is 0 Å². The van der Waals surface area contributed by atoms with Crippen LogP contribution in [0.4, 0.5) is 4.79 Å². The minimum atomic E-state index is -0.968. The van der Waals surface area contributed by atoms with E-state index >= 15 is 0 Å². The number of carbonyl (C=O) groups excluding carboxylic acids is 2. The maximum atomic E-state index is 12.0. The number of carboxylic acids is 1. The van der Waals surface area contributed by atoms with Crippen LogP contribution in [0.1, 0.15) is 40.0 Å². The highest BCUT2D eigenvalue weighted by atomic mass is 16.5. The van der Waals surface area contributed by atoms with Crippen molar-refractivity contribution < 1.29 is 24.2 Å². The van der Waals surface area contributed by atoms with Crippen molar-refractivity contribution in [3.63, 3.8) is 0 Å². The number of nitrogens with zero attached hydrogens (tertiary/aromatic N) is 1. The average Bonchev–Trinajstić information content (AvgIpc) is 2.37. The lowest BCUT2D eigenvalue weighted by Crippen LogP contribution is -2.47. The van der Waals surface area contributed by atoms with Crippen molar-refractivity contribution in [3.05, 3.63) is 0 Å². The number of hydrogen-bond donors (Lipinski definition) is 2. The summed E-state index contributed by atoms with van der Waals surface area (Å²) >= 11 is 0. The topological polar surface area (TPSA) is 95.9 Å². The molecule has 7 heteroatoms. The SMILES string of the molecule is CCCN(CC(=O)OCC)C(=O)NC(CC)CC(=O)O. The highest BCUT2D eigenvalue weighted by Gasteiger charge is 2.20. The summed E-state index contributed by atoms with van der Waals surface area (Å²) in [6.07, 6.45) is 1.07. The van der Waals surface area contributed by atoms with E-state index in [2.05, 4.69) is 5.32 Å². The molecule has 0 aliphatic carbocycles. The van der Waals surface area contributed by atoms with Crippen LogP contribution in [-0.4, -0.2) is 53.7 Å². The molecule has 116 valence electrons. The van der Waals surface area contributed by atoms with Gasteiger partial charge in [0.15, 0.2) is 0 Å². The van der Waals surface area contributed by atoms with Crippen molar-refractivity contribution in [1.82, 2.24) is 10.2 Å². The van der Waals surface area contributed by atoms with Crippen molar-refractivity contribution in [3.8, 4) is 0 Å². The molecule has 0 saturated carbocycles. The third-order valence-electron chi connectivity index (χ3n) is 2.65. The van der Waals surface area contributed by atoms with Gasteiger partial charge in [-0.1, -0.05) is 13.8 Å². The fourth-order valence-corrected chi connectivity index (χ4v) is 1.66. The van der Waals surface area contributed by atoms with E-state index < -0.39 is 24.0 Å². The van der Waals surface area contributed by atoms with Gasteiger partial charge in [0, 0.05) is 12.6 Å². The van der Waals surface area contributed by atoms with Crippen LogP contribution in [0.25, 0.3) is 0 Å². The minimum Gasteiger partial charge on any atom is -0.481 e. The smallest absolute Gasteiger partial charge is 0.325 e.